The van der Waals surface area contributed by atoms with E-state index in [0.29, 0.717) is 0 Å². The lowest BCUT2D eigenvalue weighted by atomic mass is 10.2. The number of likely N-dealkylation sites (tertiary alicyclic amines) is 1. The van der Waals surface area contributed by atoms with Crippen molar-refractivity contribution in [2.75, 3.05) is 38.2 Å². The van der Waals surface area contributed by atoms with Gasteiger partial charge in [0.05, 0.1) is 0 Å². The zero-order valence-corrected chi connectivity index (χ0v) is 10.4. The van der Waals surface area contributed by atoms with E-state index in [2.05, 4.69) is 35.9 Å². The Labute approximate surface area is 92.8 Å². The average molecular weight is 216 g/mol. The molecule has 1 heterocycles. The fourth-order valence-corrected chi connectivity index (χ4v) is 2.79. The molecule has 1 fully saturated rings. The predicted molar refractivity (Wildman–Crippen MR) is 66.1 cm³/mol. The third-order valence-corrected chi connectivity index (χ3v) is 3.86. The molecule has 2 nitrogen and oxygen atoms in total. The van der Waals surface area contributed by atoms with Crippen molar-refractivity contribution in [2.45, 2.75) is 32.2 Å². The summed E-state index contributed by atoms with van der Waals surface area (Å²) in [5, 5.41) is 3.29. The third-order valence-electron chi connectivity index (χ3n) is 2.88. The van der Waals surface area contributed by atoms with Crippen LogP contribution in [-0.2, 0) is 0 Å². The minimum Gasteiger partial charge on any atom is -0.318 e. The number of rotatable bonds is 7. The monoisotopic (exact) mass is 216 g/mol. The van der Waals surface area contributed by atoms with E-state index in [-0.39, 0.29) is 0 Å². The maximum Gasteiger partial charge on any atom is 0.0221 e. The van der Waals surface area contributed by atoms with Crippen molar-refractivity contribution in [1.29, 1.82) is 0 Å². The van der Waals surface area contributed by atoms with Gasteiger partial charge in [-0.05, 0) is 50.9 Å². The van der Waals surface area contributed by atoms with Gasteiger partial charge in [-0.15, -0.1) is 0 Å². The second-order valence-corrected chi connectivity index (χ2v) is 5.33. The van der Waals surface area contributed by atoms with E-state index < -0.39 is 0 Å². The van der Waals surface area contributed by atoms with Crippen LogP contribution >= 0.6 is 11.8 Å². The second kappa shape index (κ2) is 7.55. The standard InChI is InChI=1S/C11H24N2S/c1-3-14-9-5-8-13-7-4-6-11(13)10-12-2/h11-12H,3-10H2,1-2H3. The maximum absolute atomic E-state index is 3.29. The predicted octanol–water partition coefficient (Wildman–Crippen LogP) is 1.81. The van der Waals surface area contributed by atoms with Crippen LogP contribution in [0, 0.1) is 0 Å². The molecule has 0 radical (unpaired) electrons. The van der Waals surface area contributed by atoms with E-state index in [9.17, 15) is 0 Å². The SMILES string of the molecule is CCSCCCN1CCCC1CNC. The Balaban J connectivity index is 2.09. The van der Waals surface area contributed by atoms with Crippen molar-refractivity contribution in [3.05, 3.63) is 0 Å². The maximum atomic E-state index is 3.29. The minimum atomic E-state index is 0.812. The van der Waals surface area contributed by atoms with Crippen molar-refractivity contribution in [3.63, 3.8) is 0 Å². The molecular formula is C11H24N2S. The van der Waals surface area contributed by atoms with E-state index >= 15 is 0 Å². The Kier molecular flexibility index (Phi) is 6.65. The first-order valence-electron chi connectivity index (χ1n) is 5.85. The van der Waals surface area contributed by atoms with Gasteiger partial charge in [0, 0.05) is 12.6 Å². The zero-order valence-electron chi connectivity index (χ0n) is 9.59. The Morgan fingerprint density at radius 1 is 1.50 bits per heavy atom. The average Bonchev–Trinajstić information content (AvgIpc) is 2.61. The molecule has 0 aromatic rings. The van der Waals surface area contributed by atoms with Crippen LogP contribution in [-0.4, -0.2) is 49.1 Å². The van der Waals surface area contributed by atoms with Gasteiger partial charge in [0.2, 0.25) is 0 Å². The fraction of sp³-hybridized carbons (Fsp3) is 1.00. The highest BCUT2D eigenvalue weighted by molar-refractivity contribution is 7.99. The Bertz CT molecular complexity index is 141. The molecule has 1 atom stereocenters. The van der Waals surface area contributed by atoms with E-state index in [1.807, 2.05) is 0 Å². The smallest absolute Gasteiger partial charge is 0.0221 e. The summed E-state index contributed by atoms with van der Waals surface area (Å²) in [5.74, 6) is 2.60. The van der Waals surface area contributed by atoms with Gasteiger partial charge >= 0.3 is 0 Å². The summed E-state index contributed by atoms with van der Waals surface area (Å²) in [6.45, 7) is 6.04. The Hall–Kier alpha value is 0.270. The quantitative estimate of drug-likeness (QED) is 0.654. The molecule has 1 rings (SSSR count). The molecule has 1 N–H and O–H groups in total. The van der Waals surface area contributed by atoms with Crippen molar-refractivity contribution >= 4 is 11.8 Å². The highest BCUT2D eigenvalue weighted by atomic mass is 32.2. The van der Waals surface area contributed by atoms with Crippen molar-refractivity contribution in [1.82, 2.24) is 10.2 Å². The van der Waals surface area contributed by atoms with Gasteiger partial charge in [-0.25, -0.2) is 0 Å². The number of nitrogens with zero attached hydrogens (tertiary/aromatic N) is 1. The molecule has 1 aliphatic heterocycles. The molecule has 0 bridgehead atoms. The van der Waals surface area contributed by atoms with Crippen LogP contribution in [0.1, 0.15) is 26.2 Å². The van der Waals surface area contributed by atoms with Crippen LogP contribution in [0.5, 0.6) is 0 Å². The molecule has 1 aliphatic rings. The molecule has 0 aliphatic carbocycles. The van der Waals surface area contributed by atoms with E-state index in [0.717, 1.165) is 6.04 Å². The van der Waals surface area contributed by atoms with E-state index in [4.69, 9.17) is 0 Å². The van der Waals surface area contributed by atoms with Crippen LogP contribution in [0.25, 0.3) is 0 Å². The van der Waals surface area contributed by atoms with Gasteiger partial charge in [-0.1, -0.05) is 6.92 Å². The largest absolute Gasteiger partial charge is 0.318 e. The van der Waals surface area contributed by atoms with Gasteiger partial charge in [0.1, 0.15) is 0 Å². The normalized spacial score (nSPS) is 23.1. The van der Waals surface area contributed by atoms with Gasteiger partial charge in [0.15, 0.2) is 0 Å². The highest BCUT2D eigenvalue weighted by Gasteiger charge is 2.22. The summed E-state index contributed by atoms with van der Waals surface area (Å²) < 4.78 is 0. The molecule has 0 aromatic heterocycles. The van der Waals surface area contributed by atoms with Gasteiger partial charge < -0.3 is 5.32 Å². The fourth-order valence-electron chi connectivity index (χ4n) is 2.17. The number of hydrogen-bond donors (Lipinski definition) is 1. The van der Waals surface area contributed by atoms with Crippen LogP contribution in [0.15, 0.2) is 0 Å². The molecule has 1 unspecified atom stereocenters. The first-order chi connectivity index (χ1) is 6.88. The van der Waals surface area contributed by atoms with E-state index in [1.165, 1.54) is 50.4 Å². The molecule has 0 amide bonds. The van der Waals surface area contributed by atoms with Crippen molar-refractivity contribution in [2.24, 2.45) is 0 Å². The molecule has 0 spiro atoms. The lowest BCUT2D eigenvalue weighted by Gasteiger charge is -2.23. The minimum absolute atomic E-state index is 0.812. The first kappa shape index (κ1) is 12.3. The number of likely N-dealkylation sites (N-methyl/N-ethyl adjacent to an activating group) is 1. The van der Waals surface area contributed by atoms with Gasteiger partial charge in [0.25, 0.3) is 0 Å². The lowest BCUT2D eigenvalue weighted by Crippen LogP contribution is -2.37. The lowest BCUT2D eigenvalue weighted by molar-refractivity contribution is 0.252. The molecular weight excluding hydrogens is 192 g/mol. The summed E-state index contributed by atoms with van der Waals surface area (Å²) in [5.41, 5.74) is 0. The topological polar surface area (TPSA) is 15.3 Å². The van der Waals surface area contributed by atoms with Crippen molar-refractivity contribution < 1.29 is 0 Å². The van der Waals surface area contributed by atoms with Crippen LogP contribution in [0.4, 0.5) is 0 Å². The second-order valence-electron chi connectivity index (χ2n) is 3.94. The molecule has 14 heavy (non-hydrogen) atoms. The van der Waals surface area contributed by atoms with E-state index in [1.54, 1.807) is 0 Å². The Morgan fingerprint density at radius 2 is 2.36 bits per heavy atom. The van der Waals surface area contributed by atoms with Crippen molar-refractivity contribution in [3.8, 4) is 0 Å². The number of hydrogen-bond acceptors (Lipinski definition) is 3. The molecule has 1 saturated heterocycles. The summed E-state index contributed by atoms with van der Waals surface area (Å²) >= 11 is 2.06. The molecule has 0 saturated carbocycles. The zero-order chi connectivity index (χ0) is 10.2. The number of thioether (sulfide) groups is 1. The summed E-state index contributed by atoms with van der Waals surface area (Å²) in [6, 6.07) is 0.812. The van der Waals surface area contributed by atoms with Gasteiger partial charge in [-0.3, -0.25) is 4.90 Å². The summed E-state index contributed by atoms with van der Waals surface area (Å²) in [7, 11) is 2.06. The third kappa shape index (κ3) is 4.20. The highest BCUT2D eigenvalue weighted by Crippen LogP contribution is 2.17. The molecule has 0 aromatic carbocycles. The van der Waals surface area contributed by atoms with Crippen LogP contribution in [0.2, 0.25) is 0 Å². The number of nitrogens with one attached hydrogen (secondary N) is 1. The first-order valence-corrected chi connectivity index (χ1v) is 7.00. The molecule has 3 heteroatoms. The molecule has 84 valence electrons. The summed E-state index contributed by atoms with van der Waals surface area (Å²) in [6.07, 6.45) is 4.15. The Morgan fingerprint density at radius 3 is 3.07 bits per heavy atom. The van der Waals surface area contributed by atoms with Gasteiger partial charge in [-0.2, -0.15) is 11.8 Å². The van der Waals surface area contributed by atoms with Crippen LogP contribution in [0.3, 0.4) is 0 Å². The summed E-state index contributed by atoms with van der Waals surface area (Å²) in [4.78, 5) is 2.66. The van der Waals surface area contributed by atoms with Crippen LogP contribution < -0.4 is 5.32 Å².